The van der Waals surface area contributed by atoms with Gasteiger partial charge in [0.15, 0.2) is 6.10 Å². The molecule has 0 aromatic rings. The number of carbonyl (C=O) groups excluding carboxylic acids is 3. The van der Waals surface area contributed by atoms with Gasteiger partial charge in [0.05, 0.1) is 0 Å². The van der Waals surface area contributed by atoms with Crippen LogP contribution < -0.4 is 0 Å². The highest BCUT2D eigenvalue weighted by Crippen LogP contribution is 2.19. The second-order valence-corrected chi connectivity index (χ2v) is 25.5. The van der Waals surface area contributed by atoms with Gasteiger partial charge in [-0.05, 0) is 51.4 Å². The van der Waals surface area contributed by atoms with Crippen molar-refractivity contribution in [2.45, 2.75) is 425 Å². The zero-order chi connectivity index (χ0) is 59.9. The van der Waals surface area contributed by atoms with Crippen LogP contribution in [0.4, 0.5) is 0 Å². The Balaban J connectivity index is 4.17. The van der Waals surface area contributed by atoms with E-state index in [4.69, 9.17) is 14.2 Å². The van der Waals surface area contributed by atoms with Crippen molar-refractivity contribution in [2.24, 2.45) is 0 Å². The van der Waals surface area contributed by atoms with Crippen LogP contribution in [0.15, 0.2) is 36.5 Å². The molecule has 0 saturated carbocycles. The van der Waals surface area contributed by atoms with E-state index in [1.165, 1.54) is 295 Å². The first-order chi connectivity index (χ1) is 41.0. The van der Waals surface area contributed by atoms with Crippen LogP contribution >= 0.6 is 0 Å². The highest BCUT2D eigenvalue weighted by molar-refractivity contribution is 5.71. The van der Waals surface area contributed by atoms with Crippen LogP contribution in [-0.2, 0) is 28.6 Å². The fourth-order valence-electron chi connectivity index (χ4n) is 11.6. The van der Waals surface area contributed by atoms with E-state index < -0.39 is 6.10 Å². The monoisotopic (exact) mass is 1170 g/mol. The highest BCUT2D eigenvalue weighted by Gasteiger charge is 2.20. The summed E-state index contributed by atoms with van der Waals surface area (Å²) in [6.07, 6.45) is 90.6. The highest BCUT2D eigenvalue weighted by atomic mass is 16.6. The fraction of sp³-hybridized carbons (Fsp3) is 0.883. The SMILES string of the molecule is CC/C=C\C/C=C\C/C=C\CCCCCCCCCC(=O)OC(COC(=O)CCCCCCCCCCCCCCCCCCC)COC(=O)CCCCCCCCCCCCCCCCCCCCCCCCCCCCCCCCC. The molecule has 6 heteroatoms. The summed E-state index contributed by atoms with van der Waals surface area (Å²) in [7, 11) is 0. The van der Waals surface area contributed by atoms with Crippen LogP contribution in [0.3, 0.4) is 0 Å². The van der Waals surface area contributed by atoms with Crippen LogP contribution in [0.5, 0.6) is 0 Å². The molecule has 1 atom stereocenters. The molecule has 0 aliphatic carbocycles. The van der Waals surface area contributed by atoms with Gasteiger partial charge in [-0.3, -0.25) is 14.4 Å². The first-order valence-corrected chi connectivity index (χ1v) is 37.5. The summed E-state index contributed by atoms with van der Waals surface area (Å²) in [4.78, 5) is 38.5. The lowest BCUT2D eigenvalue weighted by molar-refractivity contribution is -0.167. The Kier molecular flexibility index (Phi) is 70.0. The van der Waals surface area contributed by atoms with E-state index in [9.17, 15) is 14.4 Å². The summed E-state index contributed by atoms with van der Waals surface area (Å²) >= 11 is 0. The molecule has 0 fully saturated rings. The first-order valence-electron chi connectivity index (χ1n) is 37.5. The molecule has 0 aromatic carbocycles. The predicted molar refractivity (Wildman–Crippen MR) is 362 cm³/mol. The number of hydrogen-bond acceptors (Lipinski definition) is 6. The molecule has 0 N–H and O–H groups in total. The van der Waals surface area contributed by atoms with E-state index in [-0.39, 0.29) is 31.1 Å². The predicted octanol–water partition coefficient (Wildman–Crippen LogP) is 25.9. The molecule has 0 aliphatic rings. The maximum Gasteiger partial charge on any atom is 0.306 e. The Morgan fingerprint density at radius 3 is 0.735 bits per heavy atom. The molecule has 0 rings (SSSR count). The maximum atomic E-state index is 13.0. The minimum Gasteiger partial charge on any atom is -0.462 e. The zero-order valence-electron chi connectivity index (χ0n) is 56.2. The van der Waals surface area contributed by atoms with Gasteiger partial charge in [0, 0.05) is 19.3 Å². The normalized spacial score (nSPS) is 12.2. The molecule has 0 heterocycles. The third-order valence-corrected chi connectivity index (χ3v) is 17.2. The van der Waals surface area contributed by atoms with E-state index in [1.54, 1.807) is 0 Å². The van der Waals surface area contributed by atoms with E-state index >= 15 is 0 Å². The fourth-order valence-corrected chi connectivity index (χ4v) is 11.6. The Morgan fingerprint density at radius 1 is 0.253 bits per heavy atom. The van der Waals surface area contributed by atoms with Gasteiger partial charge < -0.3 is 14.2 Å². The Morgan fingerprint density at radius 2 is 0.470 bits per heavy atom. The molecule has 0 spiro atoms. The number of esters is 3. The van der Waals surface area contributed by atoms with Crippen molar-refractivity contribution in [1.29, 1.82) is 0 Å². The molecule has 1 unspecified atom stereocenters. The molecule has 0 radical (unpaired) electrons. The van der Waals surface area contributed by atoms with E-state index in [1.807, 2.05) is 0 Å². The first kappa shape index (κ1) is 80.6. The molecule has 0 saturated heterocycles. The zero-order valence-corrected chi connectivity index (χ0v) is 56.2. The summed E-state index contributed by atoms with van der Waals surface area (Å²) in [5.74, 6) is -0.847. The standard InChI is InChI=1S/C77H144O6/c1-4-7-10-13-16-19-22-25-28-31-32-33-34-35-36-37-38-39-40-41-42-43-44-47-49-52-55-58-61-64-67-70-76(79)82-73-74(83-77(80)71-68-65-62-59-56-53-50-46-30-27-24-21-18-15-12-9-6-3)72-81-75(78)69-66-63-60-57-54-51-48-45-29-26-23-20-17-14-11-8-5-2/h9,12,18,21,27,30,74H,4-8,10-11,13-17,19-20,22-26,28-29,31-73H2,1-3H3/b12-9-,21-18-,30-27-. The number of allylic oxidation sites excluding steroid dienone is 6. The maximum absolute atomic E-state index is 13.0. The van der Waals surface area contributed by atoms with E-state index in [2.05, 4.69) is 57.2 Å². The third-order valence-electron chi connectivity index (χ3n) is 17.2. The van der Waals surface area contributed by atoms with Gasteiger partial charge in [-0.15, -0.1) is 0 Å². The van der Waals surface area contributed by atoms with E-state index in [0.717, 1.165) is 83.5 Å². The topological polar surface area (TPSA) is 78.9 Å². The summed E-state index contributed by atoms with van der Waals surface area (Å²) in [5.41, 5.74) is 0. The van der Waals surface area contributed by atoms with Crippen molar-refractivity contribution in [3.63, 3.8) is 0 Å². The van der Waals surface area contributed by atoms with Gasteiger partial charge in [0.25, 0.3) is 0 Å². The number of unbranched alkanes of at least 4 members (excludes halogenated alkanes) is 53. The van der Waals surface area contributed by atoms with Gasteiger partial charge in [-0.1, -0.05) is 385 Å². The quantitative estimate of drug-likeness (QED) is 0.0261. The Hall–Kier alpha value is -2.37. The third kappa shape index (κ3) is 70.3. The van der Waals surface area contributed by atoms with Crippen molar-refractivity contribution in [3.05, 3.63) is 36.5 Å². The van der Waals surface area contributed by atoms with E-state index in [0.29, 0.717) is 19.3 Å². The lowest BCUT2D eigenvalue weighted by Gasteiger charge is -2.18. The second-order valence-electron chi connectivity index (χ2n) is 25.5. The van der Waals surface area contributed by atoms with Crippen molar-refractivity contribution in [3.8, 4) is 0 Å². The van der Waals surface area contributed by atoms with Crippen LogP contribution in [0, 0.1) is 0 Å². The van der Waals surface area contributed by atoms with Gasteiger partial charge >= 0.3 is 17.9 Å². The number of carbonyl (C=O) groups is 3. The van der Waals surface area contributed by atoms with Crippen LogP contribution in [-0.4, -0.2) is 37.2 Å². The summed E-state index contributed by atoms with van der Waals surface area (Å²) in [5, 5.41) is 0. The molecule has 0 aliphatic heterocycles. The van der Waals surface area contributed by atoms with Crippen LogP contribution in [0.1, 0.15) is 419 Å². The second kappa shape index (κ2) is 72.1. The molecule has 488 valence electrons. The molecular weight excluding hydrogens is 1020 g/mol. The van der Waals surface area contributed by atoms with Gasteiger partial charge in [-0.25, -0.2) is 0 Å². The van der Waals surface area contributed by atoms with Crippen LogP contribution in [0.25, 0.3) is 0 Å². The van der Waals surface area contributed by atoms with Crippen molar-refractivity contribution in [2.75, 3.05) is 13.2 Å². The molecular formula is C77H144O6. The molecule has 6 nitrogen and oxygen atoms in total. The van der Waals surface area contributed by atoms with Crippen molar-refractivity contribution >= 4 is 17.9 Å². The molecule has 0 aromatic heterocycles. The Bertz CT molecular complexity index is 1380. The number of rotatable bonds is 70. The van der Waals surface area contributed by atoms with Crippen LogP contribution in [0.2, 0.25) is 0 Å². The van der Waals surface area contributed by atoms with Gasteiger partial charge in [-0.2, -0.15) is 0 Å². The van der Waals surface area contributed by atoms with Gasteiger partial charge in [0.2, 0.25) is 0 Å². The average molecular weight is 1170 g/mol. The van der Waals surface area contributed by atoms with Crippen molar-refractivity contribution in [1.82, 2.24) is 0 Å². The summed E-state index contributed by atoms with van der Waals surface area (Å²) in [6, 6.07) is 0. The summed E-state index contributed by atoms with van der Waals surface area (Å²) in [6.45, 7) is 6.61. The number of hydrogen-bond donors (Lipinski definition) is 0. The molecule has 83 heavy (non-hydrogen) atoms. The molecule has 0 amide bonds. The lowest BCUT2D eigenvalue weighted by atomic mass is 10.0. The lowest BCUT2D eigenvalue weighted by Crippen LogP contribution is -2.30. The number of ether oxygens (including phenoxy) is 3. The Labute approximate surface area is 518 Å². The minimum absolute atomic E-state index is 0.0703. The summed E-state index contributed by atoms with van der Waals surface area (Å²) < 4.78 is 17.0. The smallest absolute Gasteiger partial charge is 0.306 e. The molecule has 0 bridgehead atoms. The largest absolute Gasteiger partial charge is 0.462 e. The van der Waals surface area contributed by atoms with Gasteiger partial charge in [0.1, 0.15) is 13.2 Å². The minimum atomic E-state index is -0.776. The average Bonchev–Trinajstić information content (AvgIpc) is 3.50. The van der Waals surface area contributed by atoms with Crippen molar-refractivity contribution < 1.29 is 28.6 Å².